The molecule has 1 aromatic rings. The molecule has 1 aliphatic carbocycles. The van der Waals surface area contributed by atoms with Crippen LogP contribution in [0.3, 0.4) is 0 Å². The molecule has 0 bridgehead atoms. The first-order valence-electron chi connectivity index (χ1n) is 7.58. The average molecular weight is 291 g/mol. The Morgan fingerprint density at radius 1 is 1.48 bits per heavy atom. The number of hydrogen-bond donors (Lipinski definition) is 2. The number of carbonyl (C=O) groups is 1. The molecule has 1 aromatic carbocycles. The second kappa shape index (κ2) is 7.31. The summed E-state index contributed by atoms with van der Waals surface area (Å²) in [6, 6.07) is 5.42. The third-order valence-electron chi connectivity index (χ3n) is 3.66. The summed E-state index contributed by atoms with van der Waals surface area (Å²) in [5.41, 5.74) is 8.19. The molecule has 0 unspecified atom stereocenters. The summed E-state index contributed by atoms with van der Waals surface area (Å²) < 4.78 is 5.64. The molecular weight excluding hydrogens is 266 g/mol. The van der Waals surface area contributed by atoms with E-state index in [9.17, 15) is 4.79 Å². The van der Waals surface area contributed by atoms with Crippen molar-refractivity contribution in [3.63, 3.8) is 0 Å². The third-order valence-corrected chi connectivity index (χ3v) is 3.66. The Kier molecular flexibility index (Phi) is 5.44. The first-order chi connectivity index (χ1) is 10.1. The Morgan fingerprint density at radius 3 is 2.86 bits per heavy atom. The van der Waals surface area contributed by atoms with Gasteiger partial charge in [-0.3, -0.25) is 4.79 Å². The molecule has 0 aromatic heterocycles. The van der Waals surface area contributed by atoms with E-state index in [1.807, 2.05) is 20.0 Å². The summed E-state index contributed by atoms with van der Waals surface area (Å²) in [6.45, 7) is 4.87. The van der Waals surface area contributed by atoms with Gasteiger partial charge in [-0.1, -0.05) is 0 Å². The fourth-order valence-electron chi connectivity index (χ4n) is 2.16. The highest BCUT2D eigenvalue weighted by atomic mass is 16.5. The number of nitrogen functional groups attached to an aromatic ring is 1. The van der Waals surface area contributed by atoms with Gasteiger partial charge in [0, 0.05) is 32.3 Å². The quantitative estimate of drug-likeness (QED) is 0.567. The van der Waals surface area contributed by atoms with Crippen molar-refractivity contribution in [2.45, 2.75) is 19.8 Å². The first kappa shape index (κ1) is 15.6. The number of anilines is 2. The van der Waals surface area contributed by atoms with Crippen molar-refractivity contribution in [1.82, 2.24) is 5.32 Å². The van der Waals surface area contributed by atoms with Crippen LogP contribution in [0.1, 0.15) is 30.1 Å². The van der Waals surface area contributed by atoms with Crippen molar-refractivity contribution in [2.24, 2.45) is 5.92 Å². The zero-order chi connectivity index (χ0) is 15.2. The highest BCUT2D eigenvalue weighted by molar-refractivity contribution is 5.96. The van der Waals surface area contributed by atoms with Crippen LogP contribution in [0.15, 0.2) is 18.2 Å². The fraction of sp³-hybridized carbons (Fsp3) is 0.562. The van der Waals surface area contributed by atoms with E-state index in [0.717, 1.165) is 24.8 Å². The van der Waals surface area contributed by atoms with Gasteiger partial charge in [-0.25, -0.2) is 0 Å². The van der Waals surface area contributed by atoms with Gasteiger partial charge in [0.25, 0.3) is 5.91 Å². The maximum absolute atomic E-state index is 11.8. The molecule has 5 nitrogen and oxygen atoms in total. The number of amides is 1. The van der Waals surface area contributed by atoms with Crippen LogP contribution < -0.4 is 16.0 Å². The molecule has 0 spiro atoms. The molecule has 2 rings (SSSR count). The maximum atomic E-state index is 11.8. The number of ether oxygens (including phenoxy) is 1. The number of nitrogens with one attached hydrogen (secondary N) is 1. The van der Waals surface area contributed by atoms with Crippen LogP contribution in [-0.4, -0.2) is 39.3 Å². The van der Waals surface area contributed by atoms with Crippen molar-refractivity contribution in [1.29, 1.82) is 0 Å². The smallest absolute Gasteiger partial charge is 0.251 e. The third kappa shape index (κ3) is 4.63. The minimum Gasteiger partial charge on any atom is -0.397 e. The van der Waals surface area contributed by atoms with Gasteiger partial charge in [-0.2, -0.15) is 0 Å². The standard InChI is InChI=1S/C16H25N3O2/c1-3-18-16(20)13-6-7-15(14(17)10-13)19(2)8-9-21-11-12-4-5-12/h6-7,10,12H,3-5,8-9,11,17H2,1-2H3,(H,18,20). The lowest BCUT2D eigenvalue weighted by Gasteiger charge is -2.21. The van der Waals surface area contributed by atoms with Gasteiger partial charge in [0.2, 0.25) is 0 Å². The van der Waals surface area contributed by atoms with Crippen LogP contribution in [0.4, 0.5) is 11.4 Å². The van der Waals surface area contributed by atoms with Crippen LogP contribution in [-0.2, 0) is 4.74 Å². The Labute approximate surface area is 126 Å². The molecule has 0 heterocycles. The number of nitrogens with zero attached hydrogens (tertiary/aromatic N) is 1. The second-order valence-corrected chi connectivity index (χ2v) is 5.57. The molecule has 0 aliphatic heterocycles. The van der Waals surface area contributed by atoms with Gasteiger partial charge < -0.3 is 20.7 Å². The maximum Gasteiger partial charge on any atom is 0.251 e. The van der Waals surface area contributed by atoms with Gasteiger partial charge in [0.15, 0.2) is 0 Å². The van der Waals surface area contributed by atoms with Crippen molar-refractivity contribution < 1.29 is 9.53 Å². The molecule has 1 saturated carbocycles. The lowest BCUT2D eigenvalue weighted by molar-refractivity contribution is 0.0956. The monoisotopic (exact) mass is 291 g/mol. The molecule has 116 valence electrons. The normalized spacial score (nSPS) is 14.0. The summed E-state index contributed by atoms with van der Waals surface area (Å²) in [7, 11) is 1.98. The predicted octanol–water partition coefficient (Wildman–Crippen LogP) is 1.88. The molecular formula is C16H25N3O2. The number of benzene rings is 1. The van der Waals surface area contributed by atoms with Gasteiger partial charge >= 0.3 is 0 Å². The predicted molar refractivity (Wildman–Crippen MR) is 85.7 cm³/mol. The first-order valence-corrected chi connectivity index (χ1v) is 7.58. The summed E-state index contributed by atoms with van der Waals surface area (Å²) in [5, 5.41) is 2.77. The highest BCUT2D eigenvalue weighted by Gasteiger charge is 2.21. The Bertz CT molecular complexity index is 486. The molecule has 21 heavy (non-hydrogen) atoms. The van der Waals surface area contributed by atoms with E-state index in [1.54, 1.807) is 12.1 Å². The van der Waals surface area contributed by atoms with Crippen LogP contribution in [0, 0.1) is 5.92 Å². The topological polar surface area (TPSA) is 67.6 Å². The van der Waals surface area contributed by atoms with E-state index in [2.05, 4.69) is 10.2 Å². The van der Waals surface area contributed by atoms with E-state index < -0.39 is 0 Å². The Balaban J connectivity index is 1.87. The van der Waals surface area contributed by atoms with E-state index in [0.29, 0.717) is 24.4 Å². The van der Waals surface area contributed by atoms with E-state index in [-0.39, 0.29) is 5.91 Å². The number of hydrogen-bond acceptors (Lipinski definition) is 4. The largest absolute Gasteiger partial charge is 0.397 e. The van der Waals surface area contributed by atoms with Crippen LogP contribution >= 0.6 is 0 Å². The molecule has 0 saturated heterocycles. The molecule has 3 N–H and O–H groups in total. The van der Waals surface area contributed by atoms with Gasteiger partial charge in [-0.15, -0.1) is 0 Å². The SMILES string of the molecule is CCNC(=O)c1ccc(N(C)CCOCC2CC2)c(N)c1. The molecule has 5 heteroatoms. The van der Waals surface area contributed by atoms with E-state index in [1.165, 1.54) is 12.8 Å². The zero-order valence-electron chi connectivity index (χ0n) is 12.9. The zero-order valence-corrected chi connectivity index (χ0v) is 12.9. The van der Waals surface area contributed by atoms with Crippen LogP contribution in [0.5, 0.6) is 0 Å². The minimum atomic E-state index is -0.0915. The fourth-order valence-corrected chi connectivity index (χ4v) is 2.16. The number of nitrogens with two attached hydrogens (primary N) is 1. The average Bonchev–Trinajstić information content (AvgIpc) is 3.27. The summed E-state index contributed by atoms with van der Waals surface area (Å²) in [4.78, 5) is 13.8. The van der Waals surface area contributed by atoms with Gasteiger partial charge in [0.05, 0.1) is 18.0 Å². The number of rotatable bonds is 8. The van der Waals surface area contributed by atoms with Crippen molar-refractivity contribution in [3.8, 4) is 0 Å². The molecule has 1 aliphatic rings. The Hall–Kier alpha value is -1.75. The van der Waals surface area contributed by atoms with Crippen LogP contribution in [0.25, 0.3) is 0 Å². The number of carbonyl (C=O) groups excluding carboxylic acids is 1. The highest BCUT2D eigenvalue weighted by Crippen LogP contribution is 2.28. The van der Waals surface area contributed by atoms with Crippen molar-refractivity contribution in [2.75, 3.05) is 44.0 Å². The number of likely N-dealkylation sites (N-methyl/N-ethyl adjacent to an activating group) is 1. The lowest BCUT2D eigenvalue weighted by Crippen LogP contribution is -2.25. The second-order valence-electron chi connectivity index (χ2n) is 5.57. The van der Waals surface area contributed by atoms with Crippen LogP contribution in [0.2, 0.25) is 0 Å². The molecule has 1 amide bonds. The molecule has 1 fully saturated rings. The van der Waals surface area contributed by atoms with Gasteiger partial charge in [-0.05, 0) is 43.9 Å². The Morgan fingerprint density at radius 2 is 2.24 bits per heavy atom. The van der Waals surface area contributed by atoms with Crippen molar-refractivity contribution >= 4 is 17.3 Å². The minimum absolute atomic E-state index is 0.0915. The molecule has 0 radical (unpaired) electrons. The summed E-state index contributed by atoms with van der Waals surface area (Å²) in [6.07, 6.45) is 2.62. The molecule has 0 atom stereocenters. The van der Waals surface area contributed by atoms with E-state index >= 15 is 0 Å². The summed E-state index contributed by atoms with van der Waals surface area (Å²) >= 11 is 0. The lowest BCUT2D eigenvalue weighted by atomic mass is 10.1. The van der Waals surface area contributed by atoms with E-state index in [4.69, 9.17) is 10.5 Å². The van der Waals surface area contributed by atoms with Crippen molar-refractivity contribution in [3.05, 3.63) is 23.8 Å². The van der Waals surface area contributed by atoms with Gasteiger partial charge in [0.1, 0.15) is 0 Å². The summed E-state index contributed by atoms with van der Waals surface area (Å²) in [5.74, 6) is 0.697.